The van der Waals surface area contributed by atoms with Crippen molar-refractivity contribution in [3.05, 3.63) is 28.9 Å². The number of halogens is 1. The van der Waals surface area contributed by atoms with Crippen LogP contribution >= 0.6 is 11.6 Å². The van der Waals surface area contributed by atoms with Gasteiger partial charge in [-0.2, -0.15) is 0 Å². The minimum absolute atomic E-state index is 0.0488. The van der Waals surface area contributed by atoms with Gasteiger partial charge in [-0.25, -0.2) is 15.3 Å². The largest absolute Gasteiger partial charge is 0.446 e. The zero-order valence-corrected chi connectivity index (χ0v) is 15.6. The van der Waals surface area contributed by atoms with Crippen molar-refractivity contribution < 1.29 is 19.5 Å². The third-order valence-corrected chi connectivity index (χ3v) is 5.04. The van der Waals surface area contributed by atoms with Crippen molar-refractivity contribution in [1.29, 1.82) is 0 Å². The maximum absolute atomic E-state index is 12.2. The molecule has 2 amide bonds. The van der Waals surface area contributed by atoms with Gasteiger partial charge >= 0.3 is 6.09 Å². The molecule has 0 aromatic carbocycles. The Labute approximate surface area is 162 Å². The number of hydroxylamine groups is 1. The highest BCUT2D eigenvalue weighted by Gasteiger charge is 2.30. The number of nitrogens with one attached hydrogen (secondary N) is 2. The van der Waals surface area contributed by atoms with Crippen LogP contribution in [-0.2, 0) is 9.53 Å². The summed E-state index contributed by atoms with van der Waals surface area (Å²) in [6.45, 7) is 1.18. The molecule has 3 N–H and O–H groups in total. The molecule has 1 saturated heterocycles. The zero-order valence-electron chi connectivity index (χ0n) is 14.9. The summed E-state index contributed by atoms with van der Waals surface area (Å²) in [6, 6.07) is 1.71. The highest BCUT2D eigenvalue weighted by molar-refractivity contribution is 6.33. The molecule has 1 saturated carbocycles. The predicted molar refractivity (Wildman–Crippen MR) is 101 cm³/mol. The number of hydrogen-bond donors (Lipinski definition) is 3. The van der Waals surface area contributed by atoms with E-state index in [1.807, 2.05) is 0 Å². The highest BCUT2D eigenvalue weighted by atomic mass is 35.5. The monoisotopic (exact) mass is 394 g/mol. The Balaban J connectivity index is 1.52. The minimum atomic E-state index is -0.635. The average Bonchev–Trinajstić information content (AvgIpc) is 3.33. The number of nitrogens with zero attached hydrogens (tertiary/aromatic N) is 2. The first kappa shape index (κ1) is 19.4. The lowest BCUT2D eigenvalue weighted by Crippen LogP contribution is -2.34. The van der Waals surface area contributed by atoms with Gasteiger partial charge in [0.15, 0.2) is 0 Å². The number of pyridine rings is 1. The van der Waals surface area contributed by atoms with Crippen LogP contribution in [-0.4, -0.2) is 52.3 Å². The van der Waals surface area contributed by atoms with E-state index in [1.165, 1.54) is 17.6 Å². The molecule has 146 valence electrons. The van der Waals surface area contributed by atoms with E-state index >= 15 is 0 Å². The number of rotatable bonds is 5. The van der Waals surface area contributed by atoms with Crippen LogP contribution in [0.4, 0.5) is 10.6 Å². The molecule has 0 spiro atoms. The molecule has 8 nitrogen and oxygen atoms in total. The van der Waals surface area contributed by atoms with E-state index in [4.69, 9.17) is 21.5 Å². The number of aromatic nitrogens is 1. The van der Waals surface area contributed by atoms with Crippen molar-refractivity contribution in [2.24, 2.45) is 0 Å². The van der Waals surface area contributed by atoms with Crippen LogP contribution in [0.2, 0.25) is 5.02 Å². The maximum Gasteiger partial charge on any atom is 0.410 e. The second kappa shape index (κ2) is 9.05. The van der Waals surface area contributed by atoms with Crippen molar-refractivity contribution >= 4 is 35.5 Å². The fraction of sp³-hybridized carbons (Fsp3) is 0.500. The topological polar surface area (TPSA) is 104 Å². The first-order valence-corrected chi connectivity index (χ1v) is 9.42. The van der Waals surface area contributed by atoms with Gasteiger partial charge in [0.05, 0.1) is 5.02 Å². The summed E-state index contributed by atoms with van der Waals surface area (Å²) < 4.78 is 5.55. The minimum Gasteiger partial charge on any atom is -0.446 e. The Kier molecular flexibility index (Phi) is 6.52. The van der Waals surface area contributed by atoms with E-state index in [2.05, 4.69) is 10.3 Å². The molecule has 2 aliphatic rings. The van der Waals surface area contributed by atoms with Gasteiger partial charge in [0.2, 0.25) is 0 Å². The zero-order chi connectivity index (χ0) is 19.2. The lowest BCUT2D eigenvalue weighted by atomic mass is 10.2. The summed E-state index contributed by atoms with van der Waals surface area (Å²) in [5.74, 6) is -0.111. The van der Waals surface area contributed by atoms with Gasteiger partial charge in [0.1, 0.15) is 11.9 Å². The van der Waals surface area contributed by atoms with Crippen LogP contribution in [0.3, 0.4) is 0 Å². The third-order valence-electron chi connectivity index (χ3n) is 4.76. The van der Waals surface area contributed by atoms with E-state index in [1.54, 1.807) is 17.2 Å². The summed E-state index contributed by atoms with van der Waals surface area (Å²) in [5, 5.41) is 12.1. The molecule has 0 bridgehead atoms. The SMILES string of the molecule is O=C(C=Cc1cnc(N[C@@H]2CCN(C(=O)OC3CCCC3)C2)c(Cl)c1)NO. The molecule has 1 atom stereocenters. The number of amides is 2. The van der Waals surface area contributed by atoms with Gasteiger partial charge in [0.25, 0.3) is 5.91 Å². The summed E-state index contributed by atoms with van der Waals surface area (Å²) in [5.41, 5.74) is 2.14. The van der Waals surface area contributed by atoms with E-state index in [9.17, 15) is 9.59 Å². The van der Waals surface area contributed by atoms with Crippen LogP contribution in [0.5, 0.6) is 0 Å². The molecule has 1 aromatic heterocycles. The fourth-order valence-corrected chi connectivity index (χ4v) is 3.55. The summed E-state index contributed by atoms with van der Waals surface area (Å²) >= 11 is 6.26. The molecule has 1 aromatic rings. The van der Waals surface area contributed by atoms with Crippen LogP contribution < -0.4 is 10.8 Å². The molecular formula is C18H23ClN4O4. The lowest BCUT2D eigenvalue weighted by molar-refractivity contribution is -0.124. The van der Waals surface area contributed by atoms with Crippen molar-refractivity contribution in [3.63, 3.8) is 0 Å². The van der Waals surface area contributed by atoms with Crippen LogP contribution in [0.15, 0.2) is 18.3 Å². The van der Waals surface area contributed by atoms with E-state index < -0.39 is 5.91 Å². The second-order valence-corrected chi connectivity index (χ2v) is 7.18. The molecule has 2 heterocycles. The van der Waals surface area contributed by atoms with Gasteiger partial charge < -0.3 is 15.0 Å². The van der Waals surface area contributed by atoms with Crippen molar-refractivity contribution in [1.82, 2.24) is 15.4 Å². The third kappa shape index (κ3) is 5.33. The summed E-state index contributed by atoms with van der Waals surface area (Å²) in [4.78, 5) is 29.2. The smallest absolute Gasteiger partial charge is 0.410 e. The van der Waals surface area contributed by atoms with Crippen LogP contribution in [0.25, 0.3) is 6.08 Å². The number of carbonyl (C=O) groups is 2. The Morgan fingerprint density at radius 1 is 1.33 bits per heavy atom. The first-order chi connectivity index (χ1) is 13.0. The Hall–Kier alpha value is -2.32. The molecule has 0 unspecified atom stereocenters. The Morgan fingerprint density at radius 2 is 2.11 bits per heavy atom. The normalized spacial score (nSPS) is 20.2. The standard InChI is InChI=1S/C18H23ClN4O4/c19-15-9-12(5-6-16(24)22-26)10-20-17(15)21-13-7-8-23(11-13)18(25)27-14-3-1-2-4-14/h5-6,9-10,13-14,26H,1-4,7-8,11H2,(H,20,21)(H,22,24)/t13-/m1/s1. The number of carbonyl (C=O) groups excluding carboxylic acids is 2. The molecule has 1 aliphatic heterocycles. The molecule has 2 fully saturated rings. The van der Waals surface area contributed by atoms with Crippen LogP contribution in [0.1, 0.15) is 37.7 Å². The Bertz CT molecular complexity index is 721. The van der Waals surface area contributed by atoms with E-state index in [0.717, 1.165) is 32.1 Å². The van der Waals surface area contributed by atoms with Gasteiger partial charge in [-0.05, 0) is 49.8 Å². The maximum atomic E-state index is 12.2. The van der Waals surface area contributed by atoms with Gasteiger partial charge in [-0.1, -0.05) is 11.6 Å². The van der Waals surface area contributed by atoms with Crippen molar-refractivity contribution in [2.75, 3.05) is 18.4 Å². The molecule has 3 rings (SSSR count). The van der Waals surface area contributed by atoms with Gasteiger partial charge in [-0.15, -0.1) is 0 Å². The van der Waals surface area contributed by atoms with E-state index in [0.29, 0.717) is 29.5 Å². The first-order valence-electron chi connectivity index (χ1n) is 9.05. The fourth-order valence-electron chi connectivity index (χ4n) is 3.32. The number of hydrogen-bond acceptors (Lipinski definition) is 6. The Morgan fingerprint density at radius 3 is 2.81 bits per heavy atom. The molecule has 0 radical (unpaired) electrons. The highest BCUT2D eigenvalue weighted by Crippen LogP contribution is 2.25. The van der Waals surface area contributed by atoms with Crippen molar-refractivity contribution in [3.8, 4) is 0 Å². The number of ether oxygens (including phenoxy) is 1. The average molecular weight is 395 g/mol. The number of likely N-dealkylation sites (tertiary alicyclic amines) is 1. The van der Waals surface area contributed by atoms with Crippen molar-refractivity contribution in [2.45, 2.75) is 44.2 Å². The second-order valence-electron chi connectivity index (χ2n) is 6.77. The lowest BCUT2D eigenvalue weighted by Gasteiger charge is -2.20. The molecular weight excluding hydrogens is 372 g/mol. The predicted octanol–water partition coefficient (Wildman–Crippen LogP) is 2.82. The van der Waals surface area contributed by atoms with E-state index in [-0.39, 0.29) is 18.2 Å². The number of anilines is 1. The summed E-state index contributed by atoms with van der Waals surface area (Å²) in [6.07, 6.45) is 9.01. The quantitative estimate of drug-likeness (QED) is 0.403. The van der Waals surface area contributed by atoms with Gasteiger partial charge in [-0.3, -0.25) is 10.0 Å². The molecule has 9 heteroatoms. The van der Waals surface area contributed by atoms with Crippen LogP contribution in [0, 0.1) is 0 Å². The molecule has 27 heavy (non-hydrogen) atoms. The van der Waals surface area contributed by atoms with Gasteiger partial charge in [0, 0.05) is 31.4 Å². The molecule has 1 aliphatic carbocycles. The summed E-state index contributed by atoms with van der Waals surface area (Å²) in [7, 11) is 0.